The lowest BCUT2D eigenvalue weighted by Gasteiger charge is -2.32. The molecule has 1 aliphatic carbocycles. The lowest BCUT2D eigenvalue weighted by Crippen LogP contribution is -2.45. The molecule has 142 valence electrons. The van der Waals surface area contributed by atoms with E-state index in [2.05, 4.69) is 21.7 Å². The van der Waals surface area contributed by atoms with E-state index < -0.39 is 0 Å². The zero-order valence-electron chi connectivity index (χ0n) is 15.7. The van der Waals surface area contributed by atoms with Crippen molar-refractivity contribution in [1.29, 1.82) is 0 Å². The average Bonchev–Trinajstić information content (AvgIpc) is 3.14. The molecule has 0 spiro atoms. The van der Waals surface area contributed by atoms with Crippen LogP contribution < -0.4 is 10.6 Å². The minimum absolute atomic E-state index is 0.170. The standard InChI is InChI=1S/C21H25N3O2S/c1-3-26-19(25)16-8-9-18(15(2)13-16)23-20(27)24-21(10-4-5-11-21)17-7-6-12-22-14-17/h6-9,12-14H,3-5,10-11H2,1-2H3,(H2,23,24,27). The highest BCUT2D eigenvalue weighted by atomic mass is 32.1. The minimum Gasteiger partial charge on any atom is -0.462 e. The number of esters is 1. The molecule has 1 aromatic heterocycles. The van der Waals surface area contributed by atoms with Gasteiger partial charge in [0.1, 0.15) is 0 Å². The average molecular weight is 384 g/mol. The molecule has 6 heteroatoms. The van der Waals surface area contributed by atoms with Crippen molar-refractivity contribution >= 4 is 29.0 Å². The van der Waals surface area contributed by atoms with Gasteiger partial charge in [0.15, 0.2) is 5.11 Å². The van der Waals surface area contributed by atoms with Gasteiger partial charge >= 0.3 is 5.97 Å². The molecule has 0 radical (unpaired) electrons. The van der Waals surface area contributed by atoms with Gasteiger partial charge in [0.2, 0.25) is 0 Å². The fourth-order valence-corrected chi connectivity index (χ4v) is 3.93. The summed E-state index contributed by atoms with van der Waals surface area (Å²) < 4.78 is 5.05. The number of carbonyl (C=O) groups excluding carboxylic acids is 1. The van der Waals surface area contributed by atoms with E-state index in [-0.39, 0.29) is 11.5 Å². The summed E-state index contributed by atoms with van der Waals surface area (Å²) in [5.41, 5.74) is 3.35. The third-order valence-corrected chi connectivity index (χ3v) is 5.21. The number of anilines is 1. The van der Waals surface area contributed by atoms with Crippen LogP contribution in [-0.4, -0.2) is 22.7 Å². The van der Waals surface area contributed by atoms with Gasteiger partial charge in [0.05, 0.1) is 17.7 Å². The summed E-state index contributed by atoms with van der Waals surface area (Å²) in [7, 11) is 0. The van der Waals surface area contributed by atoms with Crippen molar-refractivity contribution in [3.05, 3.63) is 59.4 Å². The molecule has 0 amide bonds. The molecule has 3 rings (SSSR count). The highest BCUT2D eigenvalue weighted by molar-refractivity contribution is 7.80. The van der Waals surface area contributed by atoms with Crippen molar-refractivity contribution in [3.63, 3.8) is 0 Å². The number of aryl methyl sites for hydroxylation is 1. The van der Waals surface area contributed by atoms with Crippen LogP contribution in [0.4, 0.5) is 5.69 Å². The Hall–Kier alpha value is -2.47. The normalized spacial score (nSPS) is 15.2. The van der Waals surface area contributed by atoms with Gasteiger partial charge in [-0.15, -0.1) is 0 Å². The number of ether oxygens (including phenoxy) is 1. The Labute approximate surface area is 165 Å². The maximum atomic E-state index is 11.9. The van der Waals surface area contributed by atoms with E-state index in [9.17, 15) is 4.79 Å². The molecule has 1 fully saturated rings. The summed E-state index contributed by atoms with van der Waals surface area (Å²) in [5.74, 6) is -0.311. The number of nitrogens with zero attached hydrogens (tertiary/aromatic N) is 1. The van der Waals surface area contributed by atoms with Crippen molar-refractivity contribution in [2.24, 2.45) is 0 Å². The zero-order valence-corrected chi connectivity index (χ0v) is 16.6. The Morgan fingerprint density at radius 3 is 2.70 bits per heavy atom. The number of rotatable bonds is 5. The molecule has 2 aromatic rings. The second-order valence-corrected chi connectivity index (χ2v) is 7.27. The topological polar surface area (TPSA) is 63.2 Å². The van der Waals surface area contributed by atoms with Crippen molar-refractivity contribution < 1.29 is 9.53 Å². The molecule has 1 aliphatic rings. The van der Waals surface area contributed by atoms with E-state index in [1.165, 1.54) is 5.56 Å². The molecule has 0 bridgehead atoms. The maximum absolute atomic E-state index is 11.9. The Morgan fingerprint density at radius 2 is 2.07 bits per heavy atom. The first kappa shape index (κ1) is 19.3. The Morgan fingerprint density at radius 1 is 1.30 bits per heavy atom. The Balaban J connectivity index is 1.72. The van der Waals surface area contributed by atoms with Crippen molar-refractivity contribution in [2.75, 3.05) is 11.9 Å². The van der Waals surface area contributed by atoms with Gasteiger partial charge in [-0.2, -0.15) is 0 Å². The number of hydrogen-bond acceptors (Lipinski definition) is 4. The number of nitrogens with one attached hydrogen (secondary N) is 2. The molecule has 0 saturated heterocycles. The third kappa shape index (κ3) is 4.45. The van der Waals surface area contributed by atoms with E-state index in [1.807, 2.05) is 31.3 Å². The van der Waals surface area contributed by atoms with Gasteiger partial charge in [-0.3, -0.25) is 4.98 Å². The van der Waals surface area contributed by atoms with Gasteiger partial charge in [-0.05, 0) is 74.3 Å². The number of thiocarbonyl (C=S) groups is 1. The molecular formula is C21H25N3O2S. The van der Waals surface area contributed by atoms with Crippen molar-refractivity contribution in [3.8, 4) is 0 Å². The molecular weight excluding hydrogens is 358 g/mol. The Bertz CT molecular complexity index is 817. The summed E-state index contributed by atoms with van der Waals surface area (Å²) in [6.45, 7) is 4.11. The quantitative estimate of drug-likeness (QED) is 0.592. The molecule has 0 unspecified atom stereocenters. The first-order valence-corrected chi connectivity index (χ1v) is 9.72. The summed E-state index contributed by atoms with van der Waals surface area (Å²) in [6, 6.07) is 9.50. The number of benzene rings is 1. The van der Waals surface area contributed by atoms with Crippen LogP contribution in [0.25, 0.3) is 0 Å². The predicted octanol–water partition coefficient (Wildman–Crippen LogP) is 4.32. The monoisotopic (exact) mass is 383 g/mol. The van der Waals surface area contributed by atoms with Gasteiger partial charge in [0, 0.05) is 18.1 Å². The van der Waals surface area contributed by atoms with Gasteiger partial charge in [-0.25, -0.2) is 4.79 Å². The fourth-order valence-electron chi connectivity index (χ4n) is 3.63. The van der Waals surface area contributed by atoms with E-state index in [1.54, 1.807) is 19.2 Å². The van der Waals surface area contributed by atoms with E-state index in [4.69, 9.17) is 17.0 Å². The van der Waals surface area contributed by atoms with E-state index in [0.29, 0.717) is 17.3 Å². The number of hydrogen-bond donors (Lipinski definition) is 2. The first-order chi connectivity index (χ1) is 13.0. The van der Waals surface area contributed by atoms with Crippen LogP contribution in [0, 0.1) is 6.92 Å². The second kappa shape index (κ2) is 8.48. The highest BCUT2D eigenvalue weighted by Crippen LogP contribution is 2.38. The van der Waals surface area contributed by atoms with Crippen LogP contribution in [0.3, 0.4) is 0 Å². The summed E-state index contributed by atoms with van der Waals surface area (Å²) >= 11 is 5.60. The molecule has 0 aliphatic heterocycles. The number of pyridine rings is 1. The summed E-state index contributed by atoms with van der Waals surface area (Å²) in [5, 5.41) is 7.38. The molecule has 5 nitrogen and oxygen atoms in total. The predicted molar refractivity (Wildman–Crippen MR) is 111 cm³/mol. The van der Waals surface area contributed by atoms with Gasteiger partial charge in [0.25, 0.3) is 0 Å². The van der Waals surface area contributed by atoms with Gasteiger partial charge < -0.3 is 15.4 Å². The van der Waals surface area contributed by atoms with Crippen LogP contribution in [0.2, 0.25) is 0 Å². The minimum atomic E-state index is -0.311. The molecule has 1 saturated carbocycles. The SMILES string of the molecule is CCOC(=O)c1ccc(NC(=S)NC2(c3cccnc3)CCCC2)c(C)c1. The van der Waals surface area contributed by atoms with Crippen molar-refractivity contribution in [1.82, 2.24) is 10.3 Å². The molecule has 27 heavy (non-hydrogen) atoms. The number of carbonyl (C=O) groups is 1. The van der Waals surface area contributed by atoms with E-state index in [0.717, 1.165) is 36.9 Å². The van der Waals surface area contributed by atoms with Crippen molar-refractivity contribution in [2.45, 2.75) is 45.1 Å². The number of aromatic nitrogens is 1. The fraction of sp³-hybridized carbons (Fsp3) is 0.381. The first-order valence-electron chi connectivity index (χ1n) is 9.31. The van der Waals surface area contributed by atoms with Crippen LogP contribution in [0.5, 0.6) is 0 Å². The zero-order chi connectivity index (χ0) is 19.3. The third-order valence-electron chi connectivity index (χ3n) is 5.01. The van der Waals surface area contributed by atoms with Crippen LogP contribution in [0.15, 0.2) is 42.7 Å². The lowest BCUT2D eigenvalue weighted by molar-refractivity contribution is 0.0526. The van der Waals surface area contributed by atoms with E-state index >= 15 is 0 Å². The molecule has 1 heterocycles. The summed E-state index contributed by atoms with van der Waals surface area (Å²) in [6.07, 6.45) is 8.09. The smallest absolute Gasteiger partial charge is 0.338 e. The van der Waals surface area contributed by atoms with Crippen LogP contribution >= 0.6 is 12.2 Å². The Kier molecular flexibility index (Phi) is 6.06. The lowest BCUT2D eigenvalue weighted by atomic mass is 9.89. The summed E-state index contributed by atoms with van der Waals surface area (Å²) in [4.78, 5) is 16.1. The van der Waals surface area contributed by atoms with Gasteiger partial charge in [-0.1, -0.05) is 18.9 Å². The second-order valence-electron chi connectivity index (χ2n) is 6.86. The highest BCUT2D eigenvalue weighted by Gasteiger charge is 2.36. The van der Waals surface area contributed by atoms with Crippen LogP contribution in [0.1, 0.15) is 54.1 Å². The van der Waals surface area contributed by atoms with Crippen LogP contribution in [-0.2, 0) is 10.3 Å². The molecule has 2 N–H and O–H groups in total. The molecule has 1 aromatic carbocycles. The molecule has 0 atom stereocenters. The largest absolute Gasteiger partial charge is 0.462 e. The maximum Gasteiger partial charge on any atom is 0.338 e.